The first-order valence-corrected chi connectivity index (χ1v) is 36.1. The Morgan fingerprint density at radius 3 is 1.22 bits per heavy atom. The number of carbonyl (C=O) groups excluding carboxylic acids is 7. The van der Waals surface area contributed by atoms with Gasteiger partial charge in [0, 0.05) is 138 Å². The summed E-state index contributed by atoms with van der Waals surface area (Å²) in [4.78, 5) is 129. The van der Waals surface area contributed by atoms with Gasteiger partial charge in [-0.3, -0.25) is 33.6 Å². The topological polar surface area (TPSA) is 414 Å². The van der Waals surface area contributed by atoms with Gasteiger partial charge in [0.1, 0.15) is 17.9 Å². The molecule has 6 fully saturated rings. The number of carbonyl (C=O) groups is 7. The average Bonchev–Trinajstić information content (AvgIpc) is 1.64. The van der Waals surface area contributed by atoms with Gasteiger partial charge in [-0.2, -0.15) is 14.5 Å². The van der Waals surface area contributed by atoms with Gasteiger partial charge in [0.25, 0.3) is 41.0 Å². The van der Waals surface area contributed by atoms with Crippen LogP contribution in [0.15, 0.2) is 159 Å². The van der Waals surface area contributed by atoms with E-state index in [2.05, 4.69) is 101 Å². The highest BCUT2D eigenvalue weighted by molar-refractivity contribution is 6.46. The molecule has 0 radical (unpaired) electrons. The summed E-state index contributed by atoms with van der Waals surface area (Å²) in [5.74, 6) is -1.23. The summed E-state index contributed by atoms with van der Waals surface area (Å²) in [6.45, 7) is 8.14. The fourth-order valence-corrected chi connectivity index (χ4v) is 16.3. The van der Waals surface area contributed by atoms with E-state index in [4.69, 9.17) is 4.74 Å². The normalized spacial score (nSPS) is 18.9. The lowest BCUT2D eigenvalue weighted by atomic mass is 10.0. The fourth-order valence-electron chi connectivity index (χ4n) is 16.3. The summed E-state index contributed by atoms with van der Waals surface area (Å²) in [7, 11) is 1.50. The molecule has 6 atom stereocenters. The first kappa shape index (κ1) is 70.1. The van der Waals surface area contributed by atoms with E-state index in [1.54, 1.807) is 56.9 Å². The number of halogens is 2. The molecule has 6 unspecified atom stereocenters. The van der Waals surface area contributed by atoms with Gasteiger partial charge in [0.15, 0.2) is 29.1 Å². The molecule has 0 saturated carbocycles. The Bertz CT molecular complexity index is 5960. The van der Waals surface area contributed by atoms with Crippen molar-refractivity contribution in [3.8, 4) is 34.6 Å². The van der Waals surface area contributed by atoms with Crippen LogP contribution in [0.3, 0.4) is 0 Å². The maximum atomic E-state index is 14.8. The van der Waals surface area contributed by atoms with Crippen LogP contribution in [0, 0.1) is 54.1 Å². The van der Waals surface area contributed by atoms with Crippen molar-refractivity contribution in [1.29, 1.82) is 0 Å². The van der Waals surface area contributed by atoms with Crippen molar-refractivity contribution in [3.63, 3.8) is 0 Å². The zero-order valence-electron chi connectivity index (χ0n) is 60.1. The molecule has 37 nitrogen and oxygen atoms in total. The third kappa shape index (κ3) is 12.7. The molecule has 0 aliphatic carbocycles. The van der Waals surface area contributed by atoms with E-state index >= 15 is 0 Å². The molecular formula is C74H65F2N29O8. The Hall–Kier alpha value is -14.6. The highest BCUT2D eigenvalue weighted by Crippen LogP contribution is 2.39. The van der Waals surface area contributed by atoms with Crippen LogP contribution >= 0.6 is 0 Å². The van der Waals surface area contributed by atoms with E-state index in [9.17, 15) is 42.3 Å². The van der Waals surface area contributed by atoms with Crippen molar-refractivity contribution in [3.05, 3.63) is 199 Å². The number of ether oxygens (including phenoxy) is 1. The number of tetrazole rings is 2. The zero-order chi connectivity index (χ0) is 77.3. The number of nitrogens with one attached hydrogen (secondary N) is 3. The number of amides is 4. The predicted molar refractivity (Wildman–Crippen MR) is 393 cm³/mol. The SMILES string of the molecule is COc1cnc(-n2cnc(C)n2)c2[nH]cc(C(=O)C(=O)N3CC4CN(c5nnnn5-c5ccccc5)CC4C3)c12.O=C(C(=O)N1CC2CN(C(=O)c3ccccc3)CC2C1)c1c[nH]c2c(-n3ccnn3)ncc(F)c12.O=C(C(=O)N1CC2CN(c3nnnn3-c3ccccc3)CC2C1)c1c[nH]c2c(-n3ccnn3)ncc(F)c12. The third-order valence-electron chi connectivity index (χ3n) is 21.7. The molecule has 6 saturated heterocycles. The molecule has 17 heterocycles. The van der Waals surface area contributed by atoms with Crippen molar-refractivity contribution >= 4 is 85.6 Å². The van der Waals surface area contributed by atoms with Gasteiger partial charge in [0.2, 0.25) is 11.9 Å². The van der Waals surface area contributed by atoms with Crippen molar-refractivity contribution in [2.24, 2.45) is 35.5 Å². The van der Waals surface area contributed by atoms with Crippen LogP contribution in [0.4, 0.5) is 20.7 Å². The zero-order valence-corrected chi connectivity index (χ0v) is 60.1. The molecule has 6 aliphatic heterocycles. The molecule has 568 valence electrons. The predicted octanol–water partition coefficient (Wildman–Crippen LogP) is 3.95. The second-order valence-electron chi connectivity index (χ2n) is 28.3. The number of ketones is 3. The number of likely N-dealkylation sites (tertiary alicyclic amines) is 4. The molecule has 113 heavy (non-hydrogen) atoms. The Labute approximate surface area is 636 Å². The van der Waals surface area contributed by atoms with Gasteiger partial charge in [-0.05, 0) is 64.2 Å². The first-order chi connectivity index (χ1) is 55.1. The van der Waals surface area contributed by atoms with Gasteiger partial charge in [-0.1, -0.05) is 75.2 Å². The van der Waals surface area contributed by atoms with Crippen LogP contribution < -0.4 is 14.5 Å². The number of Topliss-reactive ketones (excluding diaryl/α,β-unsaturated/α-hetero) is 3. The monoisotopic (exact) mass is 1530 g/mol. The molecule has 3 aromatic carbocycles. The van der Waals surface area contributed by atoms with E-state index in [-0.39, 0.29) is 91.5 Å². The molecule has 6 aliphatic rings. The van der Waals surface area contributed by atoms with Crippen molar-refractivity contribution in [2.45, 2.75) is 6.92 Å². The minimum Gasteiger partial charge on any atom is -0.494 e. The summed E-state index contributed by atoms with van der Waals surface area (Å²) < 4.78 is 42.6. The molecule has 20 rings (SSSR count). The summed E-state index contributed by atoms with van der Waals surface area (Å²) in [5.41, 5.74) is 3.57. The van der Waals surface area contributed by atoms with Crippen LogP contribution in [0.25, 0.3) is 61.5 Å². The van der Waals surface area contributed by atoms with Crippen molar-refractivity contribution < 1.29 is 47.1 Å². The number of benzene rings is 3. The Morgan fingerprint density at radius 1 is 0.442 bits per heavy atom. The number of aromatic amines is 3. The lowest BCUT2D eigenvalue weighted by Gasteiger charge is -2.21. The van der Waals surface area contributed by atoms with Gasteiger partial charge in [0.05, 0.1) is 111 Å². The number of hydrogen-bond acceptors (Lipinski definition) is 25. The third-order valence-corrected chi connectivity index (χ3v) is 21.7. The quantitative estimate of drug-likeness (QED) is 0.0966. The van der Waals surface area contributed by atoms with E-state index in [1.807, 2.05) is 83.8 Å². The number of para-hydroxylation sites is 2. The second kappa shape index (κ2) is 28.8. The highest BCUT2D eigenvalue weighted by Gasteiger charge is 2.48. The number of aromatic nitrogens is 23. The molecule has 11 aromatic heterocycles. The average molecular weight is 1530 g/mol. The molecule has 4 amide bonds. The molecule has 39 heteroatoms. The van der Waals surface area contributed by atoms with Gasteiger partial charge in [-0.15, -0.1) is 10.2 Å². The molecule has 0 spiro atoms. The maximum Gasteiger partial charge on any atom is 0.295 e. The number of aryl methyl sites for hydroxylation is 1. The lowest BCUT2D eigenvalue weighted by molar-refractivity contribution is -0.126. The van der Waals surface area contributed by atoms with Crippen LogP contribution in [-0.2, 0) is 14.4 Å². The number of hydrogen-bond donors (Lipinski definition) is 3. The van der Waals surface area contributed by atoms with Gasteiger partial charge in [-0.25, -0.2) is 42.8 Å². The summed E-state index contributed by atoms with van der Waals surface area (Å²) >= 11 is 0. The van der Waals surface area contributed by atoms with E-state index in [1.165, 1.54) is 63.2 Å². The van der Waals surface area contributed by atoms with E-state index in [0.717, 1.165) is 23.8 Å². The second-order valence-corrected chi connectivity index (χ2v) is 28.3. The lowest BCUT2D eigenvalue weighted by Crippen LogP contribution is -2.38. The summed E-state index contributed by atoms with van der Waals surface area (Å²) in [6.07, 6.45) is 15.3. The molecule has 14 aromatic rings. The van der Waals surface area contributed by atoms with Crippen LogP contribution in [0.1, 0.15) is 47.3 Å². The number of H-pyrrole nitrogens is 3. The highest BCUT2D eigenvalue weighted by atomic mass is 19.1. The van der Waals surface area contributed by atoms with Crippen LogP contribution in [-0.4, -0.2) is 261 Å². The number of pyridine rings is 3. The number of methoxy groups -OCH3 is 1. The molecular weight excluding hydrogens is 1460 g/mol. The van der Waals surface area contributed by atoms with Gasteiger partial charge >= 0.3 is 0 Å². The van der Waals surface area contributed by atoms with Crippen molar-refractivity contribution in [1.82, 2.24) is 135 Å². The number of rotatable bonds is 15. The largest absolute Gasteiger partial charge is 0.494 e. The number of anilines is 2. The minimum absolute atomic E-state index is 0.00200. The maximum absolute atomic E-state index is 14.8. The van der Waals surface area contributed by atoms with E-state index < -0.39 is 46.7 Å². The smallest absolute Gasteiger partial charge is 0.295 e. The Balaban J connectivity index is 0.000000118. The number of fused-ring (bicyclic) bond motifs is 6. The van der Waals surface area contributed by atoms with Gasteiger partial charge < -0.3 is 49.1 Å². The number of nitrogens with zero attached hydrogens (tertiary/aromatic N) is 26. The summed E-state index contributed by atoms with van der Waals surface area (Å²) in [5, 5.41) is 44.5. The Kier molecular flexibility index (Phi) is 17.9. The molecule has 0 bridgehead atoms. The first-order valence-electron chi connectivity index (χ1n) is 36.1. The molecule has 3 N–H and O–H groups in total. The Morgan fingerprint density at radius 2 is 0.823 bits per heavy atom. The van der Waals surface area contributed by atoms with E-state index in [0.29, 0.717) is 124 Å². The van der Waals surface area contributed by atoms with Crippen LogP contribution in [0.2, 0.25) is 0 Å². The van der Waals surface area contributed by atoms with Crippen molar-refractivity contribution in [2.75, 3.05) is 95.4 Å². The summed E-state index contributed by atoms with van der Waals surface area (Å²) in [6, 6.07) is 28.5. The minimum atomic E-state index is -0.789. The van der Waals surface area contributed by atoms with Crippen LogP contribution in [0.5, 0.6) is 5.75 Å². The standard InChI is InChI=1S/C26H25N11O3.C24H20FN11O2.C24H20FN7O3/c1-15-29-14-36(31-15)24-22-21(20(40-2)9-28-24)19(8-27-22)23(38)25(39)34-10-16-12-35(13-17(16)11-34)26-30-32-33-37(26)18-6-4-3-5-7-18;25-18-9-27-22(35-7-6-28-31-35)20-19(18)17(8-26-20)21(37)23(38)33-10-14-12-34(13-15(14)11-33)24-29-30-32-36(24)16-4-2-1-3-5-16;25-18-9-27-22(32-7-6-28-29-32)20-19(18)17(8-26-20)21(33)24(35)31-12-15-10-30(11-16(15)13-31)23(34)14-4-2-1-3-5-14/h3-9,14,16-17,27H,10-13H2,1-2H3;1-9,14-15,26H,10-13H2;1-9,15-16,26H,10-13H2. The fraction of sp³-hybridized carbons (Fsp3) is 0.270.